The smallest absolute Gasteiger partial charge is 0.276 e. The molecule has 0 bridgehead atoms. The van der Waals surface area contributed by atoms with E-state index in [-0.39, 0.29) is 17.7 Å². The summed E-state index contributed by atoms with van der Waals surface area (Å²) in [6.07, 6.45) is 2.57. The highest BCUT2D eigenvalue weighted by Gasteiger charge is 2.38. The molecule has 0 aliphatic carbocycles. The molecule has 27 heavy (non-hydrogen) atoms. The molecule has 2 saturated heterocycles. The van der Waals surface area contributed by atoms with Gasteiger partial charge in [-0.05, 0) is 19.8 Å². The van der Waals surface area contributed by atoms with Crippen LogP contribution in [0, 0.1) is 6.92 Å². The molecule has 0 spiro atoms. The lowest BCUT2D eigenvalue weighted by atomic mass is 9.97. The van der Waals surface area contributed by atoms with Gasteiger partial charge in [-0.3, -0.25) is 4.79 Å². The highest BCUT2D eigenvalue weighted by Crippen LogP contribution is 2.31. The van der Waals surface area contributed by atoms with E-state index >= 15 is 0 Å². The molecule has 0 saturated carbocycles. The Kier molecular flexibility index (Phi) is 4.50. The van der Waals surface area contributed by atoms with Crippen molar-refractivity contribution >= 4 is 15.9 Å². The summed E-state index contributed by atoms with van der Waals surface area (Å²) < 4.78 is 35.0. The van der Waals surface area contributed by atoms with Crippen molar-refractivity contribution in [3.8, 4) is 0 Å². The fourth-order valence-electron chi connectivity index (χ4n) is 3.45. The van der Waals surface area contributed by atoms with Crippen LogP contribution in [0.2, 0.25) is 0 Å². The quantitative estimate of drug-likeness (QED) is 0.743. The van der Waals surface area contributed by atoms with Crippen molar-refractivity contribution in [1.82, 2.24) is 24.5 Å². The normalized spacial score (nSPS) is 20.0. The Hall–Kier alpha value is -2.27. The maximum Gasteiger partial charge on any atom is 0.276 e. The van der Waals surface area contributed by atoms with Gasteiger partial charge >= 0.3 is 0 Å². The largest absolute Gasteiger partial charge is 0.361 e. The summed E-state index contributed by atoms with van der Waals surface area (Å²) in [5.41, 5.74) is 0.301. The van der Waals surface area contributed by atoms with Gasteiger partial charge in [0, 0.05) is 38.2 Å². The number of carbonyl (C=O) groups is 1. The summed E-state index contributed by atoms with van der Waals surface area (Å²) in [5, 5.41) is 7.82. The zero-order valence-corrected chi connectivity index (χ0v) is 16.0. The maximum absolute atomic E-state index is 12.3. The SMILES string of the molecule is Cc1cc(C(=O)N2CC(c3nc(C4CCN(S(C)(=O)=O)CC4)no3)C2)no1. The van der Waals surface area contributed by atoms with Crippen LogP contribution >= 0.6 is 0 Å². The fourth-order valence-corrected chi connectivity index (χ4v) is 4.33. The lowest BCUT2D eigenvalue weighted by Crippen LogP contribution is -2.48. The van der Waals surface area contributed by atoms with Gasteiger partial charge in [-0.2, -0.15) is 4.98 Å². The van der Waals surface area contributed by atoms with Crippen molar-refractivity contribution in [2.24, 2.45) is 0 Å². The lowest BCUT2D eigenvalue weighted by Gasteiger charge is -2.36. The van der Waals surface area contributed by atoms with Crippen molar-refractivity contribution in [1.29, 1.82) is 0 Å². The monoisotopic (exact) mass is 395 g/mol. The molecule has 0 atom stereocenters. The van der Waals surface area contributed by atoms with E-state index < -0.39 is 10.0 Å². The molecule has 2 aromatic heterocycles. The summed E-state index contributed by atoms with van der Waals surface area (Å²) in [4.78, 5) is 18.4. The van der Waals surface area contributed by atoms with E-state index in [1.165, 1.54) is 10.6 Å². The topological polar surface area (TPSA) is 123 Å². The van der Waals surface area contributed by atoms with Crippen LogP contribution in [0.1, 0.15) is 52.6 Å². The molecule has 11 heteroatoms. The number of piperidine rings is 1. The first kappa shape index (κ1) is 18.1. The molecule has 0 aromatic carbocycles. The minimum atomic E-state index is -3.15. The van der Waals surface area contributed by atoms with Crippen LogP contribution < -0.4 is 0 Å². The van der Waals surface area contributed by atoms with Gasteiger partial charge in [0.1, 0.15) is 5.76 Å². The molecule has 1 amide bonds. The van der Waals surface area contributed by atoms with E-state index in [2.05, 4.69) is 15.3 Å². The highest BCUT2D eigenvalue weighted by molar-refractivity contribution is 7.88. The van der Waals surface area contributed by atoms with Crippen LogP contribution in [-0.2, 0) is 10.0 Å². The van der Waals surface area contributed by atoms with Gasteiger partial charge in [0.2, 0.25) is 15.9 Å². The Balaban J connectivity index is 1.33. The Morgan fingerprint density at radius 3 is 2.44 bits per heavy atom. The van der Waals surface area contributed by atoms with Crippen LogP contribution in [0.3, 0.4) is 0 Å². The fraction of sp³-hybridized carbons (Fsp3) is 0.625. The number of amides is 1. The van der Waals surface area contributed by atoms with Crippen LogP contribution in [0.25, 0.3) is 0 Å². The number of rotatable bonds is 4. The first-order valence-electron chi connectivity index (χ1n) is 8.82. The van der Waals surface area contributed by atoms with Crippen LogP contribution in [0.15, 0.2) is 15.1 Å². The van der Waals surface area contributed by atoms with E-state index in [0.29, 0.717) is 62.2 Å². The second-order valence-corrected chi connectivity index (χ2v) is 9.14. The number of nitrogens with zero attached hydrogens (tertiary/aromatic N) is 5. The average Bonchev–Trinajstić information content (AvgIpc) is 3.22. The van der Waals surface area contributed by atoms with Gasteiger partial charge in [-0.15, -0.1) is 0 Å². The maximum atomic E-state index is 12.3. The molecule has 0 radical (unpaired) electrons. The number of hydrogen-bond donors (Lipinski definition) is 0. The second-order valence-electron chi connectivity index (χ2n) is 7.16. The molecular weight excluding hydrogens is 374 g/mol. The van der Waals surface area contributed by atoms with Crippen molar-refractivity contribution in [3.63, 3.8) is 0 Å². The second kappa shape index (κ2) is 6.71. The first-order chi connectivity index (χ1) is 12.8. The van der Waals surface area contributed by atoms with Crippen LogP contribution in [0.4, 0.5) is 0 Å². The Morgan fingerprint density at radius 2 is 1.85 bits per heavy atom. The Bertz CT molecular complexity index is 938. The van der Waals surface area contributed by atoms with Crippen molar-refractivity contribution in [3.05, 3.63) is 29.2 Å². The third-order valence-electron chi connectivity index (χ3n) is 5.11. The summed E-state index contributed by atoms with van der Waals surface area (Å²) in [7, 11) is -3.15. The van der Waals surface area contributed by atoms with E-state index in [4.69, 9.17) is 9.05 Å². The summed E-state index contributed by atoms with van der Waals surface area (Å²) in [6, 6.07) is 1.61. The first-order valence-corrected chi connectivity index (χ1v) is 10.7. The highest BCUT2D eigenvalue weighted by atomic mass is 32.2. The summed E-state index contributed by atoms with van der Waals surface area (Å²) >= 11 is 0. The number of sulfonamides is 1. The van der Waals surface area contributed by atoms with E-state index in [9.17, 15) is 13.2 Å². The number of likely N-dealkylation sites (tertiary alicyclic amines) is 1. The van der Waals surface area contributed by atoms with Gasteiger partial charge in [0.15, 0.2) is 11.5 Å². The average molecular weight is 395 g/mol. The minimum Gasteiger partial charge on any atom is -0.361 e. The zero-order chi connectivity index (χ0) is 19.2. The third-order valence-corrected chi connectivity index (χ3v) is 6.41. The molecule has 146 valence electrons. The minimum absolute atomic E-state index is 0.0132. The van der Waals surface area contributed by atoms with Crippen molar-refractivity contribution in [2.75, 3.05) is 32.4 Å². The summed E-state index contributed by atoms with van der Waals surface area (Å²) in [6.45, 7) is 3.67. The zero-order valence-electron chi connectivity index (χ0n) is 15.2. The van der Waals surface area contributed by atoms with E-state index in [0.717, 1.165) is 0 Å². The molecule has 0 unspecified atom stereocenters. The van der Waals surface area contributed by atoms with E-state index in [1.54, 1.807) is 17.9 Å². The van der Waals surface area contributed by atoms with Gasteiger partial charge < -0.3 is 13.9 Å². The van der Waals surface area contributed by atoms with Crippen LogP contribution in [-0.4, -0.2) is 71.3 Å². The van der Waals surface area contributed by atoms with Crippen LogP contribution in [0.5, 0.6) is 0 Å². The van der Waals surface area contributed by atoms with Crippen molar-refractivity contribution in [2.45, 2.75) is 31.6 Å². The van der Waals surface area contributed by atoms with Gasteiger partial charge in [-0.25, -0.2) is 12.7 Å². The predicted octanol–water partition coefficient (Wildman–Crippen LogP) is 0.745. The lowest BCUT2D eigenvalue weighted by molar-refractivity contribution is 0.0558. The third kappa shape index (κ3) is 3.61. The molecule has 2 aliphatic rings. The molecular formula is C16H21N5O5S. The Labute approximate surface area is 156 Å². The Morgan fingerprint density at radius 1 is 1.15 bits per heavy atom. The molecule has 2 aliphatic heterocycles. The molecule has 2 aromatic rings. The number of hydrogen-bond acceptors (Lipinski definition) is 8. The number of aryl methyl sites for hydroxylation is 1. The van der Waals surface area contributed by atoms with E-state index in [1.807, 2.05) is 0 Å². The summed E-state index contributed by atoms with van der Waals surface area (Å²) in [5.74, 6) is 1.68. The van der Waals surface area contributed by atoms with Gasteiger partial charge in [0.25, 0.3) is 5.91 Å². The predicted molar refractivity (Wildman–Crippen MR) is 92.6 cm³/mol. The standard InChI is InChI=1S/C16H21N5O5S/c1-10-7-13(18-25-10)16(22)20-8-12(9-20)15-17-14(19-26-15)11-3-5-21(6-4-11)27(2,23)24/h7,11-12H,3-6,8-9H2,1-2H3. The van der Waals surface area contributed by atoms with Gasteiger partial charge in [-0.1, -0.05) is 10.3 Å². The molecule has 10 nitrogen and oxygen atoms in total. The van der Waals surface area contributed by atoms with Crippen molar-refractivity contribution < 1.29 is 22.3 Å². The molecule has 4 heterocycles. The molecule has 0 N–H and O–H groups in total. The number of carbonyl (C=O) groups excluding carboxylic acids is 1. The number of aromatic nitrogens is 3. The molecule has 4 rings (SSSR count). The molecule has 2 fully saturated rings. The van der Waals surface area contributed by atoms with Gasteiger partial charge in [0.05, 0.1) is 12.2 Å².